The fourth-order valence-corrected chi connectivity index (χ4v) is 6.46. The lowest BCUT2D eigenvalue weighted by Crippen LogP contribution is -2.54. The molecule has 0 fully saturated rings. The summed E-state index contributed by atoms with van der Waals surface area (Å²) in [6.45, 7) is 0. The van der Waals surface area contributed by atoms with E-state index in [9.17, 15) is 26.3 Å². The van der Waals surface area contributed by atoms with Gasteiger partial charge in [-0.1, -0.05) is 48.5 Å². The van der Waals surface area contributed by atoms with Crippen LogP contribution in [0.25, 0.3) is 44.7 Å². The lowest BCUT2D eigenvalue weighted by atomic mass is 9.73. The Hall–Kier alpha value is -5.52. The van der Waals surface area contributed by atoms with Gasteiger partial charge in [-0.15, -0.1) is 0 Å². The summed E-state index contributed by atoms with van der Waals surface area (Å²) in [4.78, 5) is 0. The van der Waals surface area contributed by atoms with Gasteiger partial charge in [0.2, 0.25) is 5.41 Å². The summed E-state index contributed by atoms with van der Waals surface area (Å²) >= 11 is 0. The van der Waals surface area contributed by atoms with E-state index in [1.54, 1.807) is 67.0 Å². The summed E-state index contributed by atoms with van der Waals surface area (Å²) in [5.41, 5.74) is -1.27. The minimum Gasteiger partial charge on any atom is -0.293 e. The van der Waals surface area contributed by atoms with E-state index in [0.29, 0.717) is 33.7 Å². The van der Waals surface area contributed by atoms with Gasteiger partial charge in [-0.05, 0) is 59.7 Å². The summed E-state index contributed by atoms with van der Waals surface area (Å²) in [6.07, 6.45) is -8.29. The number of para-hydroxylation sites is 4. The Morgan fingerprint density at radius 3 is 1.13 bits per heavy atom. The minimum absolute atomic E-state index is 0.392. The highest BCUT2D eigenvalue weighted by Gasteiger charge is 2.72. The first-order chi connectivity index (χ1) is 21.6. The molecule has 0 saturated heterocycles. The fraction of sp³-hybridized carbons (Fsp3) is 0.0909. The van der Waals surface area contributed by atoms with Crippen molar-refractivity contribution in [3.05, 3.63) is 133 Å². The smallest absolute Gasteiger partial charge is 0.293 e. The van der Waals surface area contributed by atoms with Gasteiger partial charge in [0.25, 0.3) is 0 Å². The maximum Gasteiger partial charge on any atom is 0.411 e. The summed E-state index contributed by atoms with van der Waals surface area (Å²) in [6, 6.07) is 26.7. The molecule has 0 unspecified atom stereocenters. The van der Waals surface area contributed by atoms with Gasteiger partial charge in [-0.2, -0.15) is 36.5 Å². The standard InChI is InChI=1S/C33H20F6N6/c34-32(35,36)31(33(37,38)39,21-9-13-23(14-10-21)42-25-5-1-3-7-27(25)44-29(42)17-19-40-44)22-11-15-24(16-12-22)43-26-6-2-4-8-28(26)45-30(43)18-20-41-45/h1-20H. The number of halogens is 6. The molecule has 0 bridgehead atoms. The zero-order chi connectivity index (χ0) is 31.1. The highest BCUT2D eigenvalue weighted by molar-refractivity contribution is 5.85. The van der Waals surface area contributed by atoms with Crippen LogP contribution in [0.5, 0.6) is 0 Å². The number of hydrogen-bond donors (Lipinski definition) is 0. The molecule has 4 heterocycles. The second-order valence-corrected chi connectivity index (χ2v) is 10.7. The first-order valence-corrected chi connectivity index (χ1v) is 13.8. The predicted molar refractivity (Wildman–Crippen MR) is 157 cm³/mol. The van der Waals surface area contributed by atoms with Gasteiger partial charge in [-0.25, -0.2) is 9.03 Å². The lowest BCUT2D eigenvalue weighted by Gasteiger charge is -2.38. The molecule has 12 heteroatoms. The third-order valence-electron chi connectivity index (χ3n) is 8.37. The second-order valence-electron chi connectivity index (χ2n) is 10.7. The molecule has 0 aliphatic heterocycles. The molecule has 0 saturated carbocycles. The number of alkyl halides is 6. The van der Waals surface area contributed by atoms with E-state index < -0.39 is 28.9 Å². The van der Waals surface area contributed by atoms with Crippen molar-refractivity contribution in [1.82, 2.24) is 28.4 Å². The topological polar surface area (TPSA) is 44.5 Å². The molecule has 8 rings (SSSR count). The van der Waals surface area contributed by atoms with Gasteiger partial charge in [0, 0.05) is 23.5 Å². The second kappa shape index (κ2) is 9.24. The minimum atomic E-state index is -5.72. The highest BCUT2D eigenvalue weighted by Crippen LogP contribution is 2.56. The van der Waals surface area contributed by atoms with Crippen molar-refractivity contribution in [1.29, 1.82) is 0 Å². The van der Waals surface area contributed by atoms with E-state index in [-0.39, 0.29) is 0 Å². The van der Waals surface area contributed by atoms with Crippen LogP contribution in [0.1, 0.15) is 11.1 Å². The average Bonchev–Trinajstić information content (AvgIpc) is 3.79. The molecule has 6 nitrogen and oxygen atoms in total. The molecule has 0 N–H and O–H groups in total. The maximum absolute atomic E-state index is 15.0. The zero-order valence-electron chi connectivity index (χ0n) is 23.0. The number of benzene rings is 4. The van der Waals surface area contributed by atoms with Crippen LogP contribution in [-0.2, 0) is 5.41 Å². The van der Waals surface area contributed by atoms with Crippen molar-refractivity contribution < 1.29 is 26.3 Å². The highest BCUT2D eigenvalue weighted by atomic mass is 19.4. The SMILES string of the molecule is FC(F)(F)C(c1ccc(-n2c3ccccc3n3nccc23)cc1)(c1ccc(-n2c3ccccc3n3nccc23)cc1)C(F)(F)F. The number of rotatable bonds is 4. The van der Waals surface area contributed by atoms with Crippen LogP contribution < -0.4 is 0 Å². The van der Waals surface area contributed by atoms with Crippen LogP contribution in [-0.4, -0.2) is 40.7 Å². The molecule has 4 aromatic heterocycles. The van der Waals surface area contributed by atoms with Crippen molar-refractivity contribution >= 4 is 33.4 Å². The predicted octanol–water partition coefficient (Wildman–Crippen LogP) is 8.28. The van der Waals surface area contributed by atoms with Crippen LogP contribution >= 0.6 is 0 Å². The first-order valence-electron chi connectivity index (χ1n) is 13.8. The van der Waals surface area contributed by atoms with Crippen LogP contribution in [0.15, 0.2) is 122 Å². The number of fused-ring (bicyclic) bond motifs is 6. The molecule has 0 aliphatic carbocycles. The first kappa shape index (κ1) is 27.1. The van der Waals surface area contributed by atoms with E-state index in [4.69, 9.17) is 0 Å². The van der Waals surface area contributed by atoms with Gasteiger partial charge < -0.3 is 0 Å². The number of hydrogen-bond acceptors (Lipinski definition) is 2. The van der Waals surface area contributed by atoms with E-state index in [1.807, 2.05) is 24.3 Å². The maximum atomic E-state index is 15.0. The molecule has 45 heavy (non-hydrogen) atoms. The lowest BCUT2D eigenvalue weighted by molar-refractivity contribution is -0.288. The monoisotopic (exact) mass is 614 g/mol. The van der Waals surface area contributed by atoms with Gasteiger partial charge in [-0.3, -0.25) is 9.13 Å². The van der Waals surface area contributed by atoms with Crippen LogP contribution in [0.3, 0.4) is 0 Å². The average molecular weight is 615 g/mol. The molecule has 4 aromatic carbocycles. The Bertz CT molecular complexity index is 2180. The summed E-state index contributed by atoms with van der Waals surface area (Å²) < 4.78 is 96.7. The molecular formula is C33H20F6N6. The summed E-state index contributed by atoms with van der Waals surface area (Å²) in [5.74, 6) is 0. The number of nitrogens with zero attached hydrogens (tertiary/aromatic N) is 6. The van der Waals surface area contributed by atoms with Crippen molar-refractivity contribution in [2.24, 2.45) is 0 Å². The summed E-state index contributed by atoms with van der Waals surface area (Å²) in [5, 5.41) is 8.60. The summed E-state index contributed by atoms with van der Waals surface area (Å²) in [7, 11) is 0. The van der Waals surface area contributed by atoms with E-state index in [2.05, 4.69) is 10.2 Å². The molecule has 8 aromatic rings. The van der Waals surface area contributed by atoms with E-state index >= 15 is 0 Å². The third-order valence-corrected chi connectivity index (χ3v) is 8.37. The third kappa shape index (κ3) is 3.65. The Labute approximate surface area is 250 Å². The number of aromatic nitrogens is 6. The Kier molecular flexibility index (Phi) is 5.56. The van der Waals surface area contributed by atoms with Gasteiger partial charge >= 0.3 is 12.4 Å². The Morgan fingerprint density at radius 2 is 0.778 bits per heavy atom. The molecule has 0 radical (unpaired) electrons. The number of imidazole rings is 2. The normalized spacial score (nSPS) is 13.1. The Morgan fingerprint density at radius 1 is 0.422 bits per heavy atom. The van der Waals surface area contributed by atoms with Crippen molar-refractivity contribution in [3.8, 4) is 11.4 Å². The largest absolute Gasteiger partial charge is 0.411 e. The zero-order valence-corrected chi connectivity index (χ0v) is 23.0. The quantitative estimate of drug-likeness (QED) is 0.187. The van der Waals surface area contributed by atoms with Crippen molar-refractivity contribution in [3.63, 3.8) is 0 Å². The molecule has 0 aliphatic rings. The van der Waals surface area contributed by atoms with Gasteiger partial charge in [0.05, 0.1) is 34.5 Å². The van der Waals surface area contributed by atoms with Crippen molar-refractivity contribution in [2.75, 3.05) is 0 Å². The fourth-order valence-electron chi connectivity index (χ4n) is 6.46. The van der Waals surface area contributed by atoms with Gasteiger partial charge in [0.15, 0.2) is 0 Å². The molecule has 0 atom stereocenters. The Balaban J connectivity index is 1.29. The van der Waals surface area contributed by atoms with E-state index in [1.165, 1.54) is 24.3 Å². The van der Waals surface area contributed by atoms with Crippen LogP contribution in [0.2, 0.25) is 0 Å². The van der Waals surface area contributed by atoms with Crippen LogP contribution in [0.4, 0.5) is 26.3 Å². The molecule has 0 amide bonds. The molecule has 0 spiro atoms. The van der Waals surface area contributed by atoms with Crippen molar-refractivity contribution in [2.45, 2.75) is 17.8 Å². The van der Waals surface area contributed by atoms with Gasteiger partial charge in [0.1, 0.15) is 11.3 Å². The molecule has 224 valence electrons. The molecular weight excluding hydrogens is 594 g/mol. The van der Waals surface area contributed by atoms with Crippen LogP contribution in [0, 0.1) is 0 Å². The van der Waals surface area contributed by atoms with E-state index in [0.717, 1.165) is 35.3 Å².